The molecule has 0 aromatic rings. The molecule has 2 rings (SSSR count). The summed E-state index contributed by atoms with van der Waals surface area (Å²) in [6, 6.07) is 0. The van der Waals surface area contributed by atoms with Gasteiger partial charge in [0.2, 0.25) is 0 Å². The zero-order valence-electron chi connectivity index (χ0n) is 9.50. The summed E-state index contributed by atoms with van der Waals surface area (Å²) >= 11 is 0. The lowest BCUT2D eigenvalue weighted by molar-refractivity contribution is -0.129. The summed E-state index contributed by atoms with van der Waals surface area (Å²) in [7, 11) is -4.15. The maximum atomic E-state index is 12.0. The SMILES string of the molecule is O=C(O)C1=NS(=O)(=O)C(C(=O)N2CCCCC2)=C1. The molecule has 0 aromatic heterocycles. The molecule has 7 nitrogen and oxygen atoms in total. The van der Waals surface area contributed by atoms with Crippen LogP contribution in [0.3, 0.4) is 0 Å². The van der Waals surface area contributed by atoms with Crippen molar-refractivity contribution in [2.24, 2.45) is 4.40 Å². The molecule has 0 spiro atoms. The first-order valence-corrected chi connectivity index (χ1v) is 6.95. The Kier molecular flexibility index (Phi) is 3.20. The van der Waals surface area contributed by atoms with Crippen LogP contribution in [0.15, 0.2) is 15.4 Å². The highest BCUT2D eigenvalue weighted by atomic mass is 32.2. The lowest BCUT2D eigenvalue weighted by atomic mass is 10.1. The highest BCUT2D eigenvalue weighted by molar-refractivity contribution is 7.95. The Bertz CT molecular complexity index is 555. The van der Waals surface area contributed by atoms with Gasteiger partial charge >= 0.3 is 5.97 Å². The van der Waals surface area contributed by atoms with E-state index in [0.29, 0.717) is 13.1 Å². The zero-order chi connectivity index (χ0) is 13.3. The third kappa shape index (κ3) is 2.28. The lowest BCUT2D eigenvalue weighted by Crippen LogP contribution is -2.37. The molecule has 1 N–H and O–H groups in total. The highest BCUT2D eigenvalue weighted by Crippen LogP contribution is 2.21. The number of carbonyl (C=O) groups is 2. The number of carboxylic acids is 1. The van der Waals surface area contributed by atoms with Crippen molar-refractivity contribution >= 4 is 27.6 Å². The third-order valence-corrected chi connectivity index (χ3v) is 4.12. The minimum absolute atomic E-state index is 0.494. The average Bonchev–Trinajstić information content (AvgIpc) is 2.65. The molecule has 8 heteroatoms. The Hall–Kier alpha value is -1.70. The molecule has 0 unspecified atom stereocenters. The first-order valence-electron chi connectivity index (χ1n) is 5.51. The zero-order valence-corrected chi connectivity index (χ0v) is 10.3. The van der Waals surface area contributed by atoms with Crippen LogP contribution in [0.5, 0.6) is 0 Å². The van der Waals surface area contributed by atoms with Crippen LogP contribution < -0.4 is 0 Å². The third-order valence-electron chi connectivity index (χ3n) is 2.84. The van der Waals surface area contributed by atoms with E-state index >= 15 is 0 Å². The van der Waals surface area contributed by atoms with E-state index in [1.807, 2.05) is 0 Å². The van der Waals surface area contributed by atoms with Crippen molar-refractivity contribution in [3.63, 3.8) is 0 Å². The Balaban J connectivity index is 2.26. The quantitative estimate of drug-likeness (QED) is 0.746. The summed E-state index contributed by atoms with van der Waals surface area (Å²) in [5.41, 5.74) is -0.615. The number of rotatable bonds is 2. The van der Waals surface area contributed by atoms with Gasteiger partial charge in [0, 0.05) is 13.1 Å². The van der Waals surface area contributed by atoms with Crippen molar-refractivity contribution in [2.75, 3.05) is 13.1 Å². The average molecular weight is 272 g/mol. The molecule has 18 heavy (non-hydrogen) atoms. The monoisotopic (exact) mass is 272 g/mol. The molecule has 0 radical (unpaired) electrons. The van der Waals surface area contributed by atoms with E-state index in [-0.39, 0.29) is 0 Å². The second kappa shape index (κ2) is 4.52. The maximum Gasteiger partial charge on any atom is 0.355 e. The first kappa shape index (κ1) is 12.7. The fourth-order valence-electron chi connectivity index (χ4n) is 1.93. The number of hydrogen-bond donors (Lipinski definition) is 1. The Morgan fingerprint density at radius 1 is 1.22 bits per heavy atom. The molecule has 0 atom stereocenters. The van der Waals surface area contributed by atoms with Crippen molar-refractivity contribution in [3.05, 3.63) is 11.0 Å². The minimum atomic E-state index is -4.15. The van der Waals surface area contributed by atoms with Crippen LogP contribution in [0.25, 0.3) is 0 Å². The van der Waals surface area contributed by atoms with E-state index in [9.17, 15) is 18.0 Å². The summed E-state index contributed by atoms with van der Waals surface area (Å²) in [5, 5.41) is 8.69. The molecule has 1 amide bonds. The van der Waals surface area contributed by atoms with Gasteiger partial charge in [-0.2, -0.15) is 12.8 Å². The summed E-state index contributed by atoms with van der Waals surface area (Å²) in [5.74, 6) is -2.12. The highest BCUT2D eigenvalue weighted by Gasteiger charge is 2.35. The number of sulfonamides is 1. The fraction of sp³-hybridized carbons (Fsp3) is 0.500. The van der Waals surface area contributed by atoms with E-state index < -0.39 is 32.5 Å². The normalized spacial score (nSPS) is 22.3. The Morgan fingerprint density at radius 3 is 2.33 bits per heavy atom. The van der Waals surface area contributed by atoms with E-state index in [2.05, 4.69) is 4.40 Å². The number of carboxylic acid groups (broad SMARTS) is 1. The van der Waals surface area contributed by atoms with Crippen LogP contribution in [0.1, 0.15) is 19.3 Å². The van der Waals surface area contributed by atoms with Gasteiger partial charge in [-0.05, 0) is 25.3 Å². The van der Waals surface area contributed by atoms with Crippen molar-refractivity contribution < 1.29 is 23.1 Å². The topological polar surface area (TPSA) is 104 Å². The van der Waals surface area contributed by atoms with Crippen LogP contribution in [-0.2, 0) is 19.6 Å². The van der Waals surface area contributed by atoms with E-state index in [1.54, 1.807) is 0 Å². The Morgan fingerprint density at radius 2 is 1.83 bits per heavy atom. The number of likely N-dealkylation sites (tertiary alicyclic amines) is 1. The molecule has 0 saturated carbocycles. The first-order chi connectivity index (χ1) is 8.42. The van der Waals surface area contributed by atoms with Crippen LogP contribution in [0.2, 0.25) is 0 Å². The van der Waals surface area contributed by atoms with Gasteiger partial charge in [0.15, 0.2) is 10.6 Å². The van der Waals surface area contributed by atoms with E-state index in [0.717, 1.165) is 25.3 Å². The molecule has 0 aromatic carbocycles. The summed E-state index contributed by atoms with van der Waals surface area (Å²) in [6.45, 7) is 0.988. The van der Waals surface area contributed by atoms with Crippen LogP contribution >= 0.6 is 0 Å². The maximum absolute atomic E-state index is 12.0. The number of amides is 1. The molecule has 0 aliphatic carbocycles. The van der Waals surface area contributed by atoms with Gasteiger partial charge in [0.25, 0.3) is 15.9 Å². The van der Waals surface area contributed by atoms with Gasteiger partial charge < -0.3 is 10.0 Å². The predicted octanol–water partition coefficient (Wildman–Crippen LogP) is -0.248. The van der Waals surface area contributed by atoms with Crippen molar-refractivity contribution in [3.8, 4) is 0 Å². The summed E-state index contributed by atoms with van der Waals surface area (Å²) in [4.78, 5) is 23.5. The summed E-state index contributed by atoms with van der Waals surface area (Å²) in [6.07, 6.45) is 3.48. The fourth-order valence-corrected chi connectivity index (χ4v) is 3.03. The van der Waals surface area contributed by atoms with Crippen molar-refractivity contribution in [1.82, 2.24) is 4.90 Å². The molecule has 0 bridgehead atoms. The van der Waals surface area contributed by atoms with Gasteiger partial charge in [0.1, 0.15) is 0 Å². The van der Waals surface area contributed by atoms with Crippen LogP contribution in [-0.4, -0.2) is 49.1 Å². The molecule has 2 aliphatic heterocycles. The lowest BCUT2D eigenvalue weighted by Gasteiger charge is -2.26. The smallest absolute Gasteiger partial charge is 0.355 e. The van der Waals surface area contributed by atoms with Crippen LogP contribution in [0.4, 0.5) is 0 Å². The number of nitrogens with zero attached hydrogens (tertiary/aromatic N) is 2. The van der Waals surface area contributed by atoms with Gasteiger partial charge in [-0.1, -0.05) is 0 Å². The van der Waals surface area contributed by atoms with Gasteiger partial charge in [-0.25, -0.2) is 4.79 Å². The van der Waals surface area contributed by atoms with E-state index in [4.69, 9.17) is 5.11 Å². The number of piperidine rings is 1. The van der Waals surface area contributed by atoms with Crippen LogP contribution in [0, 0.1) is 0 Å². The molecule has 2 aliphatic rings. The Labute approximate surface area is 104 Å². The molecule has 1 fully saturated rings. The number of hydrogen-bond acceptors (Lipinski definition) is 4. The number of aliphatic carboxylic acids is 1. The minimum Gasteiger partial charge on any atom is -0.476 e. The second-order valence-electron chi connectivity index (χ2n) is 4.12. The van der Waals surface area contributed by atoms with Gasteiger partial charge in [0.05, 0.1) is 0 Å². The van der Waals surface area contributed by atoms with Crippen molar-refractivity contribution in [2.45, 2.75) is 19.3 Å². The molecular weight excluding hydrogens is 260 g/mol. The standard InChI is InChI=1S/C10H12N2O5S/c13-9(12-4-2-1-3-5-12)8-6-7(10(14)15)11-18(8,16)17/h6H,1-5H2,(H,14,15). The van der Waals surface area contributed by atoms with Gasteiger partial charge in [-0.3, -0.25) is 4.79 Å². The molecular formula is C10H12N2O5S. The summed E-state index contributed by atoms with van der Waals surface area (Å²) < 4.78 is 26.3. The number of carbonyl (C=O) groups excluding carboxylic acids is 1. The molecule has 2 heterocycles. The predicted molar refractivity (Wildman–Crippen MR) is 62.5 cm³/mol. The van der Waals surface area contributed by atoms with E-state index in [1.165, 1.54) is 4.90 Å². The second-order valence-corrected chi connectivity index (χ2v) is 5.69. The van der Waals surface area contributed by atoms with Crippen molar-refractivity contribution in [1.29, 1.82) is 0 Å². The molecule has 1 saturated heterocycles. The largest absolute Gasteiger partial charge is 0.476 e. The van der Waals surface area contributed by atoms with Gasteiger partial charge in [-0.15, -0.1) is 0 Å². The molecule has 98 valence electrons.